The Morgan fingerprint density at radius 1 is 1.30 bits per heavy atom. The lowest BCUT2D eigenvalue weighted by molar-refractivity contribution is -0.115. The van der Waals surface area contributed by atoms with E-state index in [0.29, 0.717) is 31.2 Å². The summed E-state index contributed by atoms with van der Waals surface area (Å²) in [5.74, 6) is 2.47. The molecule has 0 fully saturated rings. The van der Waals surface area contributed by atoms with Gasteiger partial charge >= 0.3 is 0 Å². The quantitative estimate of drug-likeness (QED) is 0.846. The van der Waals surface area contributed by atoms with Gasteiger partial charge in [0.2, 0.25) is 5.91 Å². The molecule has 1 aromatic heterocycles. The van der Waals surface area contributed by atoms with E-state index < -0.39 is 0 Å². The molecule has 1 unspecified atom stereocenters. The number of carbonyl (C=O) groups is 1. The van der Waals surface area contributed by atoms with Gasteiger partial charge in [0.1, 0.15) is 19.0 Å². The van der Waals surface area contributed by atoms with Crippen LogP contribution in [0, 0.1) is 6.92 Å². The lowest BCUT2D eigenvalue weighted by Crippen LogP contribution is -2.24. The van der Waals surface area contributed by atoms with Crippen LogP contribution in [0.15, 0.2) is 33.7 Å². The van der Waals surface area contributed by atoms with Gasteiger partial charge in [0.15, 0.2) is 17.3 Å². The molecular weight excluding hydrogens is 316 g/mol. The van der Waals surface area contributed by atoms with Crippen molar-refractivity contribution in [2.24, 2.45) is 0 Å². The standard InChI is InChI=1S/C16H18N2O4S/c1-3-14(16(19)17-15-8-10(2)22-18-15)23-11-4-5-12-13(9-11)21-7-6-20-12/h4-5,8-9,14H,3,6-7H2,1-2H3,(H,17,18,19). The number of nitrogens with zero attached hydrogens (tertiary/aromatic N) is 1. The van der Waals surface area contributed by atoms with Crippen molar-refractivity contribution in [1.82, 2.24) is 5.16 Å². The van der Waals surface area contributed by atoms with Gasteiger partial charge in [-0.2, -0.15) is 0 Å². The van der Waals surface area contributed by atoms with E-state index in [1.54, 1.807) is 13.0 Å². The number of nitrogens with one attached hydrogen (secondary N) is 1. The third-order valence-electron chi connectivity index (χ3n) is 3.33. The summed E-state index contributed by atoms with van der Waals surface area (Å²) in [7, 11) is 0. The SMILES string of the molecule is CCC(Sc1ccc2c(c1)OCCO2)C(=O)Nc1cc(C)on1. The summed E-state index contributed by atoms with van der Waals surface area (Å²) in [5.41, 5.74) is 0. The van der Waals surface area contributed by atoms with Gasteiger partial charge in [-0.05, 0) is 31.5 Å². The van der Waals surface area contributed by atoms with Crippen molar-refractivity contribution in [2.45, 2.75) is 30.4 Å². The molecule has 1 amide bonds. The predicted octanol–water partition coefficient (Wildman–Crippen LogP) is 3.26. The highest BCUT2D eigenvalue weighted by molar-refractivity contribution is 8.00. The van der Waals surface area contributed by atoms with Crippen molar-refractivity contribution in [2.75, 3.05) is 18.5 Å². The minimum Gasteiger partial charge on any atom is -0.486 e. The van der Waals surface area contributed by atoms with E-state index in [2.05, 4.69) is 10.5 Å². The zero-order valence-electron chi connectivity index (χ0n) is 13.0. The fourth-order valence-corrected chi connectivity index (χ4v) is 3.20. The Bertz CT molecular complexity index is 701. The summed E-state index contributed by atoms with van der Waals surface area (Å²) in [6.45, 7) is 4.87. The largest absolute Gasteiger partial charge is 0.486 e. The Kier molecular flexibility index (Phi) is 4.76. The summed E-state index contributed by atoms with van der Waals surface area (Å²) < 4.78 is 16.0. The van der Waals surface area contributed by atoms with E-state index in [0.717, 1.165) is 16.4 Å². The third kappa shape index (κ3) is 3.79. The second kappa shape index (κ2) is 6.95. The van der Waals surface area contributed by atoms with Crippen LogP contribution in [0.4, 0.5) is 5.82 Å². The van der Waals surface area contributed by atoms with Crippen LogP contribution in [0.25, 0.3) is 0 Å². The highest BCUT2D eigenvalue weighted by Gasteiger charge is 2.20. The van der Waals surface area contributed by atoms with E-state index in [-0.39, 0.29) is 11.2 Å². The number of aromatic nitrogens is 1. The van der Waals surface area contributed by atoms with Gasteiger partial charge in [-0.15, -0.1) is 11.8 Å². The molecule has 0 saturated carbocycles. The number of benzene rings is 1. The molecule has 1 atom stereocenters. The average Bonchev–Trinajstić information content (AvgIpc) is 2.97. The number of ether oxygens (including phenoxy) is 2. The van der Waals surface area contributed by atoms with E-state index >= 15 is 0 Å². The number of thioether (sulfide) groups is 1. The molecule has 1 aromatic carbocycles. The Morgan fingerprint density at radius 2 is 2.09 bits per heavy atom. The van der Waals surface area contributed by atoms with Crippen molar-refractivity contribution in [3.05, 3.63) is 30.0 Å². The molecule has 122 valence electrons. The van der Waals surface area contributed by atoms with Crippen LogP contribution in [0.1, 0.15) is 19.1 Å². The van der Waals surface area contributed by atoms with E-state index in [9.17, 15) is 4.79 Å². The monoisotopic (exact) mass is 334 g/mol. The average molecular weight is 334 g/mol. The van der Waals surface area contributed by atoms with Crippen LogP contribution in [-0.4, -0.2) is 29.5 Å². The van der Waals surface area contributed by atoms with Crippen molar-refractivity contribution >= 4 is 23.5 Å². The van der Waals surface area contributed by atoms with Gasteiger partial charge in [-0.25, -0.2) is 0 Å². The molecule has 7 heteroatoms. The van der Waals surface area contributed by atoms with Gasteiger partial charge < -0.3 is 19.3 Å². The number of carbonyl (C=O) groups excluding carboxylic acids is 1. The van der Waals surface area contributed by atoms with Crippen LogP contribution in [0.2, 0.25) is 0 Å². The smallest absolute Gasteiger partial charge is 0.239 e. The van der Waals surface area contributed by atoms with Crippen molar-refractivity contribution in [3.8, 4) is 11.5 Å². The summed E-state index contributed by atoms with van der Waals surface area (Å²) in [5, 5.41) is 6.33. The molecule has 2 heterocycles. The number of amides is 1. The van der Waals surface area contributed by atoms with Crippen molar-refractivity contribution in [1.29, 1.82) is 0 Å². The lowest BCUT2D eigenvalue weighted by atomic mass is 10.3. The highest BCUT2D eigenvalue weighted by atomic mass is 32.2. The normalized spacial score (nSPS) is 14.3. The maximum Gasteiger partial charge on any atom is 0.239 e. The maximum absolute atomic E-state index is 12.4. The first-order chi connectivity index (χ1) is 11.2. The molecule has 0 saturated heterocycles. The number of hydrogen-bond acceptors (Lipinski definition) is 6. The number of aryl methyl sites for hydroxylation is 1. The number of anilines is 1. The number of fused-ring (bicyclic) bond motifs is 1. The van der Waals surface area contributed by atoms with Crippen molar-refractivity contribution < 1.29 is 18.8 Å². The molecule has 3 rings (SSSR count). The van der Waals surface area contributed by atoms with Gasteiger partial charge in [-0.1, -0.05) is 12.1 Å². The molecule has 23 heavy (non-hydrogen) atoms. The van der Waals surface area contributed by atoms with Crippen LogP contribution in [-0.2, 0) is 4.79 Å². The van der Waals surface area contributed by atoms with Crippen LogP contribution < -0.4 is 14.8 Å². The second-order valence-electron chi connectivity index (χ2n) is 5.13. The zero-order chi connectivity index (χ0) is 16.2. The molecule has 0 spiro atoms. The third-order valence-corrected chi connectivity index (χ3v) is 4.69. The molecular formula is C16H18N2O4S. The fraction of sp³-hybridized carbons (Fsp3) is 0.375. The molecule has 1 aliphatic rings. The molecule has 1 N–H and O–H groups in total. The Hall–Kier alpha value is -2.15. The zero-order valence-corrected chi connectivity index (χ0v) is 13.8. The van der Waals surface area contributed by atoms with Gasteiger partial charge in [0.25, 0.3) is 0 Å². The summed E-state index contributed by atoms with van der Waals surface area (Å²) >= 11 is 1.49. The summed E-state index contributed by atoms with van der Waals surface area (Å²) in [6, 6.07) is 7.42. The summed E-state index contributed by atoms with van der Waals surface area (Å²) in [6.07, 6.45) is 0.696. The first-order valence-electron chi connectivity index (χ1n) is 7.46. The minimum atomic E-state index is -0.227. The number of hydrogen-bond donors (Lipinski definition) is 1. The van der Waals surface area contributed by atoms with E-state index in [4.69, 9.17) is 14.0 Å². The van der Waals surface area contributed by atoms with Crippen molar-refractivity contribution in [3.63, 3.8) is 0 Å². The van der Waals surface area contributed by atoms with E-state index in [1.807, 2.05) is 25.1 Å². The molecule has 0 radical (unpaired) electrons. The van der Waals surface area contributed by atoms with Gasteiger partial charge in [0, 0.05) is 11.0 Å². The topological polar surface area (TPSA) is 73.6 Å². The first-order valence-corrected chi connectivity index (χ1v) is 8.34. The first kappa shape index (κ1) is 15.7. The van der Waals surface area contributed by atoms with Crippen LogP contribution in [0.3, 0.4) is 0 Å². The van der Waals surface area contributed by atoms with E-state index in [1.165, 1.54) is 11.8 Å². The van der Waals surface area contributed by atoms with Crippen LogP contribution in [0.5, 0.6) is 11.5 Å². The maximum atomic E-state index is 12.4. The lowest BCUT2D eigenvalue weighted by Gasteiger charge is -2.19. The molecule has 1 aliphatic heterocycles. The molecule has 6 nitrogen and oxygen atoms in total. The number of rotatable bonds is 5. The van der Waals surface area contributed by atoms with Gasteiger partial charge in [0.05, 0.1) is 5.25 Å². The molecule has 0 bridgehead atoms. The Balaban J connectivity index is 1.67. The fourth-order valence-electron chi connectivity index (χ4n) is 2.22. The Labute approximate surface area is 138 Å². The Morgan fingerprint density at radius 3 is 2.78 bits per heavy atom. The minimum absolute atomic E-state index is 0.0966. The predicted molar refractivity (Wildman–Crippen MR) is 87.2 cm³/mol. The van der Waals surface area contributed by atoms with Gasteiger partial charge in [-0.3, -0.25) is 4.79 Å². The van der Waals surface area contributed by atoms with Crippen LogP contribution >= 0.6 is 11.8 Å². The second-order valence-corrected chi connectivity index (χ2v) is 6.41. The molecule has 0 aliphatic carbocycles. The highest BCUT2D eigenvalue weighted by Crippen LogP contribution is 2.36. The molecule has 2 aromatic rings. The summed E-state index contributed by atoms with van der Waals surface area (Å²) in [4.78, 5) is 13.3.